The van der Waals surface area contributed by atoms with Crippen molar-refractivity contribution in [2.45, 2.75) is 26.3 Å². The van der Waals surface area contributed by atoms with E-state index in [0.717, 1.165) is 0 Å². The van der Waals surface area contributed by atoms with Crippen molar-refractivity contribution >= 4 is 64.2 Å². The molecule has 17 heteroatoms. The first-order valence-corrected chi connectivity index (χ1v) is 18.5. The fourth-order valence-corrected chi connectivity index (χ4v) is 5.53. The number of nitrogens with one attached hydrogen (secondary N) is 5. The number of aromatic carboxylic acids is 1. The molecule has 0 aliphatic rings. The number of primary amides is 1. The van der Waals surface area contributed by atoms with Gasteiger partial charge in [-0.1, -0.05) is 13.8 Å². The number of carbonyl (C=O) groups excluding carboxylic acids is 6. The number of nitriles is 1. The quantitative estimate of drug-likeness (QED) is 0.0626. The Hall–Kier alpha value is -8.52. The van der Waals surface area contributed by atoms with Gasteiger partial charge in [-0.25, -0.2) is 4.79 Å². The molecule has 1 atom stereocenters. The first kappa shape index (κ1) is 43.6. The lowest BCUT2D eigenvalue weighted by Gasteiger charge is -2.18. The maximum absolute atomic E-state index is 13.3. The number of phenolic OH excluding ortho intramolecular Hbond substituents is 1. The van der Waals surface area contributed by atoms with Gasteiger partial charge in [0.2, 0.25) is 11.8 Å². The summed E-state index contributed by atoms with van der Waals surface area (Å²) in [5.74, 6) is -5.98. The molecule has 0 radical (unpaired) electrons. The van der Waals surface area contributed by atoms with Crippen molar-refractivity contribution in [3.8, 4) is 17.6 Å². The summed E-state index contributed by atoms with van der Waals surface area (Å²) in [5.41, 5.74) is 7.08. The third-order valence-electron chi connectivity index (χ3n) is 8.70. The van der Waals surface area contributed by atoms with Gasteiger partial charge in [-0.2, -0.15) is 5.26 Å². The fraction of sp³-hybridized carbons (Fsp3) is 0.136. The number of rotatable bonds is 16. The number of anilines is 4. The lowest BCUT2D eigenvalue weighted by Crippen LogP contribution is -2.46. The van der Waals surface area contributed by atoms with Crippen molar-refractivity contribution in [1.29, 1.82) is 5.26 Å². The summed E-state index contributed by atoms with van der Waals surface area (Å²) in [4.78, 5) is 88.4. The van der Waals surface area contributed by atoms with Gasteiger partial charge in [0.25, 0.3) is 23.6 Å². The standard InChI is InChI=1S/C44H39N7O10/c1-24(2)23-61-38-34(20-19-33(37(38)53)42(57)48-31-17-11-29(12-18-31)44(59)60)50-40(55)27-9-15-32(16-10-27)49-43(58)35(21-36(46)52)51-41(56)28-7-13-30(14-8-28)47-39(54)26-5-3-25(22-45)4-6-26/h3-20,24,35,53H,21,23H2,1-2H3,(H2,46,52)(H,47,54)(H,48,57)(H,49,58)(H,50,55)(H,51,56)(H,59,60). The monoisotopic (exact) mass is 825 g/mol. The molecule has 9 N–H and O–H groups in total. The summed E-state index contributed by atoms with van der Waals surface area (Å²) in [6, 6.07) is 26.0. The number of carboxylic acids is 1. The van der Waals surface area contributed by atoms with Crippen LogP contribution in [0, 0.1) is 17.2 Å². The average molecular weight is 826 g/mol. The molecular weight excluding hydrogens is 787 g/mol. The molecule has 0 aliphatic carbocycles. The van der Waals surface area contributed by atoms with Crippen LogP contribution >= 0.6 is 0 Å². The Morgan fingerprint density at radius 1 is 0.639 bits per heavy atom. The molecule has 0 bridgehead atoms. The van der Waals surface area contributed by atoms with Crippen LogP contribution in [0.1, 0.15) is 77.6 Å². The van der Waals surface area contributed by atoms with E-state index in [1.165, 1.54) is 109 Å². The van der Waals surface area contributed by atoms with Crippen LogP contribution in [0.2, 0.25) is 0 Å². The zero-order valence-corrected chi connectivity index (χ0v) is 32.6. The van der Waals surface area contributed by atoms with Gasteiger partial charge in [0.15, 0.2) is 11.5 Å². The van der Waals surface area contributed by atoms with Gasteiger partial charge < -0.3 is 47.3 Å². The van der Waals surface area contributed by atoms with Crippen molar-refractivity contribution in [3.63, 3.8) is 0 Å². The maximum atomic E-state index is 13.3. The fourth-order valence-electron chi connectivity index (χ4n) is 5.53. The molecule has 0 saturated carbocycles. The zero-order chi connectivity index (χ0) is 44.2. The molecule has 5 rings (SSSR count). The van der Waals surface area contributed by atoms with Crippen molar-refractivity contribution in [1.82, 2.24) is 5.32 Å². The second-order valence-electron chi connectivity index (χ2n) is 13.8. The predicted molar refractivity (Wildman–Crippen MR) is 223 cm³/mol. The minimum absolute atomic E-state index is 0.00160. The molecule has 0 spiro atoms. The molecule has 310 valence electrons. The first-order valence-electron chi connectivity index (χ1n) is 18.5. The van der Waals surface area contributed by atoms with E-state index in [2.05, 4.69) is 26.6 Å². The highest BCUT2D eigenvalue weighted by atomic mass is 16.5. The van der Waals surface area contributed by atoms with E-state index in [1.54, 1.807) is 0 Å². The molecule has 5 aromatic rings. The van der Waals surface area contributed by atoms with Crippen LogP contribution in [-0.2, 0) is 9.59 Å². The van der Waals surface area contributed by atoms with Crippen LogP contribution in [-0.4, -0.2) is 64.3 Å². The predicted octanol–water partition coefficient (Wildman–Crippen LogP) is 5.37. The number of phenols is 1. The van der Waals surface area contributed by atoms with Gasteiger partial charge in [0.1, 0.15) is 6.04 Å². The third kappa shape index (κ3) is 11.8. The van der Waals surface area contributed by atoms with Gasteiger partial charge >= 0.3 is 5.97 Å². The van der Waals surface area contributed by atoms with Crippen LogP contribution in [0.15, 0.2) is 109 Å². The van der Waals surface area contributed by atoms with Crippen LogP contribution in [0.3, 0.4) is 0 Å². The molecule has 0 aliphatic heterocycles. The van der Waals surface area contributed by atoms with Crippen molar-refractivity contribution < 1.29 is 48.5 Å². The van der Waals surface area contributed by atoms with E-state index in [-0.39, 0.29) is 57.6 Å². The van der Waals surface area contributed by atoms with Crippen LogP contribution in [0.25, 0.3) is 0 Å². The third-order valence-corrected chi connectivity index (χ3v) is 8.70. The Balaban J connectivity index is 1.22. The first-order chi connectivity index (χ1) is 29.1. The van der Waals surface area contributed by atoms with E-state index in [1.807, 2.05) is 19.9 Å². The van der Waals surface area contributed by atoms with Crippen LogP contribution < -0.4 is 37.1 Å². The molecular formula is C44H39N7O10. The SMILES string of the molecule is CC(C)COc1c(NC(=O)c2ccc(NC(=O)C(CC(N)=O)NC(=O)c3ccc(NC(=O)c4ccc(C#N)cc4)cc3)cc2)ccc(C(=O)Nc2ccc(C(=O)O)cc2)c1O. The van der Waals surface area contributed by atoms with E-state index < -0.39 is 59.6 Å². The number of carbonyl (C=O) groups is 7. The zero-order valence-electron chi connectivity index (χ0n) is 32.6. The topological polar surface area (TPSA) is 279 Å². The summed E-state index contributed by atoms with van der Waals surface area (Å²) in [5, 5.41) is 42.2. The number of benzene rings is 5. The molecule has 5 aromatic carbocycles. The van der Waals surface area contributed by atoms with E-state index in [4.69, 9.17) is 20.8 Å². The number of hydrogen-bond acceptors (Lipinski definition) is 10. The number of hydrogen-bond donors (Lipinski definition) is 8. The Kier molecular flexibility index (Phi) is 14.1. The molecule has 0 aromatic heterocycles. The highest BCUT2D eigenvalue weighted by Crippen LogP contribution is 2.39. The smallest absolute Gasteiger partial charge is 0.335 e. The number of carboxylic acid groups (broad SMARTS) is 1. The summed E-state index contributed by atoms with van der Waals surface area (Å²) in [6.45, 7) is 3.85. The van der Waals surface area contributed by atoms with E-state index in [0.29, 0.717) is 16.8 Å². The van der Waals surface area contributed by atoms with Crippen molar-refractivity contribution in [2.75, 3.05) is 27.9 Å². The Bertz CT molecular complexity index is 2520. The van der Waals surface area contributed by atoms with E-state index in [9.17, 15) is 38.7 Å². The van der Waals surface area contributed by atoms with E-state index >= 15 is 0 Å². The highest BCUT2D eigenvalue weighted by Gasteiger charge is 2.25. The van der Waals surface area contributed by atoms with Gasteiger partial charge in [-0.05, 0) is 115 Å². The molecule has 6 amide bonds. The summed E-state index contributed by atoms with van der Waals surface area (Å²) >= 11 is 0. The summed E-state index contributed by atoms with van der Waals surface area (Å²) < 4.78 is 5.81. The number of amides is 6. The number of nitrogens with zero attached hydrogens (tertiary/aromatic N) is 1. The van der Waals surface area contributed by atoms with Gasteiger partial charge in [-0.15, -0.1) is 0 Å². The minimum Gasteiger partial charge on any atom is -0.504 e. The number of nitrogens with two attached hydrogens (primary N) is 1. The van der Waals surface area contributed by atoms with Gasteiger partial charge in [0.05, 0.1) is 41.5 Å². The van der Waals surface area contributed by atoms with Crippen LogP contribution in [0.4, 0.5) is 22.7 Å². The highest BCUT2D eigenvalue weighted by molar-refractivity contribution is 6.10. The van der Waals surface area contributed by atoms with Gasteiger partial charge in [0, 0.05) is 33.8 Å². The van der Waals surface area contributed by atoms with Crippen molar-refractivity contribution in [3.05, 3.63) is 143 Å². The lowest BCUT2D eigenvalue weighted by atomic mass is 10.1. The number of ether oxygens (including phenoxy) is 1. The maximum Gasteiger partial charge on any atom is 0.335 e. The largest absolute Gasteiger partial charge is 0.504 e. The molecule has 0 saturated heterocycles. The Morgan fingerprint density at radius 3 is 1.62 bits per heavy atom. The average Bonchev–Trinajstić information content (AvgIpc) is 3.23. The molecule has 0 fully saturated rings. The number of aromatic hydroxyl groups is 1. The normalized spacial score (nSPS) is 11.0. The van der Waals surface area contributed by atoms with Gasteiger partial charge in [-0.3, -0.25) is 28.8 Å². The Labute approximate surface area is 348 Å². The van der Waals surface area contributed by atoms with Crippen molar-refractivity contribution in [2.24, 2.45) is 11.7 Å². The lowest BCUT2D eigenvalue weighted by molar-refractivity contribution is -0.123. The molecule has 0 heterocycles. The summed E-state index contributed by atoms with van der Waals surface area (Å²) in [6.07, 6.45) is -0.537. The van der Waals surface area contributed by atoms with Crippen LogP contribution in [0.5, 0.6) is 11.5 Å². The Morgan fingerprint density at radius 2 is 1.11 bits per heavy atom. The summed E-state index contributed by atoms with van der Waals surface area (Å²) in [7, 11) is 0. The minimum atomic E-state index is -1.39. The second kappa shape index (κ2) is 19.8. The molecule has 17 nitrogen and oxygen atoms in total. The molecule has 1 unspecified atom stereocenters. The second-order valence-corrected chi connectivity index (χ2v) is 13.8. The molecule has 61 heavy (non-hydrogen) atoms.